The zero-order chi connectivity index (χ0) is 24.2. The van der Waals surface area contributed by atoms with Gasteiger partial charge >= 0.3 is 0 Å². The van der Waals surface area contributed by atoms with Crippen molar-refractivity contribution < 1.29 is 31.8 Å². The molecule has 1 atom stereocenters. The summed E-state index contributed by atoms with van der Waals surface area (Å²) in [5, 5.41) is 0. The highest BCUT2D eigenvalue weighted by molar-refractivity contribution is 7.92. The molecular weight excluding hydrogens is 449 g/mol. The van der Waals surface area contributed by atoms with Crippen molar-refractivity contribution in [3.05, 3.63) is 72.0 Å². The number of rotatable bonds is 9. The Kier molecular flexibility index (Phi) is 7.33. The highest BCUT2D eigenvalue weighted by Gasteiger charge is 2.31. The Morgan fingerprint density at radius 2 is 1.24 bits per heavy atom. The Morgan fingerprint density at radius 3 is 1.79 bits per heavy atom. The quantitative estimate of drug-likeness (QED) is 0.442. The summed E-state index contributed by atoms with van der Waals surface area (Å²) < 4.78 is 63.6. The third-order valence-corrected chi connectivity index (χ3v) is 7.15. The molecule has 0 aliphatic rings. The van der Waals surface area contributed by atoms with Gasteiger partial charge < -0.3 is 18.9 Å². The number of hydrogen-bond acceptors (Lipinski definition) is 6. The number of methoxy groups -OCH3 is 4. The fourth-order valence-electron chi connectivity index (χ4n) is 3.50. The van der Waals surface area contributed by atoms with Gasteiger partial charge in [-0.3, -0.25) is 4.31 Å². The smallest absolute Gasteiger partial charge is 0.264 e. The first-order chi connectivity index (χ1) is 15.8. The minimum Gasteiger partial charge on any atom is -0.493 e. The van der Waals surface area contributed by atoms with Crippen molar-refractivity contribution in [1.29, 1.82) is 0 Å². The average molecular weight is 476 g/mol. The first-order valence-electron chi connectivity index (χ1n) is 10.0. The second-order valence-electron chi connectivity index (χ2n) is 7.08. The van der Waals surface area contributed by atoms with Crippen LogP contribution in [-0.4, -0.2) is 36.9 Å². The Bertz CT molecular complexity index is 1210. The normalized spacial score (nSPS) is 12.1. The molecule has 0 N–H and O–H groups in total. The van der Waals surface area contributed by atoms with Gasteiger partial charge in [0.2, 0.25) is 0 Å². The third kappa shape index (κ3) is 4.83. The summed E-state index contributed by atoms with van der Waals surface area (Å²) in [6.07, 6.45) is 0. The molecule has 0 amide bonds. The summed E-state index contributed by atoms with van der Waals surface area (Å²) in [5.74, 6) is 1.29. The maximum Gasteiger partial charge on any atom is 0.264 e. The van der Waals surface area contributed by atoms with E-state index in [1.54, 1.807) is 43.3 Å². The lowest BCUT2D eigenvalue weighted by atomic mass is 10.1. The summed E-state index contributed by atoms with van der Waals surface area (Å²) in [7, 11) is 1.90. The van der Waals surface area contributed by atoms with Crippen LogP contribution in [0.4, 0.5) is 10.1 Å². The molecule has 176 valence electrons. The van der Waals surface area contributed by atoms with E-state index in [9.17, 15) is 12.8 Å². The molecule has 0 fully saturated rings. The number of halogens is 1. The lowest BCUT2D eigenvalue weighted by Crippen LogP contribution is -2.33. The molecule has 0 heterocycles. The number of ether oxygens (including phenoxy) is 4. The van der Waals surface area contributed by atoms with Crippen molar-refractivity contribution in [3.8, 4) is 23.0 Å². The van der Waals surface area contributed by atoms with Gasteiger partial charge in [-0.25, -0.2) is 12.8 Å². The monoisotopic (exact) mass is 475 g/mol. The van der Waals surface area contributed by atoms with Crippen molar-refractivity contribution >= 4 is 15.7 Å². The summed E-state index contributed by atoms with van der Waals surface area (Å²) >= 11 is 0. The van der Waals surface area contributed by atoms with Gasteiger partial charge in [0.1, 0.15) is 5.82 Å². The highest BCUT2D eigenvalue weighted by atomic mass is 32.2. The van der Waals surface area contributed by atoms with Gasteiger partial charge in [0.05, 0.1) is 45.1 Å². The molecule has 0 radical (unpaired) electrons. The minimum atomic E-state index is -4.10. The van der Waals surface area contributed by atoms with Gasteiger partial charge in [-0.2, -0.15) is 0 Å². The van der Waals surface area contributed by atoms with Crippen LogP contribution in [0.2, 0.25) is 0 Å². The maximum atomic E-state index is 13.8. The van der Waals surface area contributed by atoms with E-state index in [1.165, 1.54) is 44.9 Å². The van der Waals surface area contributed by atoms with Crippen LogP contribution in [0, 0.1) is 5.82 Å². The summed E-state index contributed by atoms with van der Waals surface area (Å²) in [4.78, 5) is -0.0500. The van der Waals surface area contributed by atoms with Crippen LogP contribution in [0.3, 0.4) is 0 Å². The predicted octanol–water partition coefficient (Wildman–Crippen LogP) is 4.82. The van der Waals surface area contributed by atoms with E-state index >= 15 is 0 Å². The standard InChI is InChI=1S/C24H26FNO6S/c1-16(17-6-12-21(29-2)23(14-17)31-4)26(19-9-13-22(30-3)24(15-19)32-5)33(27,28)20-10-7-18(25)8-11-20/h6-16H,1-5H3. The number of benzene rings is 3. The van der Waals surface area contributed by atoms with E-state index in [2.05, 4.69) is 0 Å². The molecule has 0 spiro atoms. The van der Waals surface area contributed by atoms with Gasteiger partial charge in [0.25, 0.3) is 10.0 Å². The summed E-state index contributed by atoms with van der Waals surface area (Å²) in [6, 6.07) is 14.1. The van der Waals surface area contributed by atoms with E-state index in [1.807, 2.05) is 0 Å². The van der Waals surface area contributed by atoms with Gasteiger partial charge in [0.15, 0.2) is 23.0 Å². The maximum absolute atomic E-state index is 13.8. The van der Waals surface area contributed by atoms with Crippen molar-refractivity contribution in [1.82, 2.24) is 0 Å². The molecule has 0 bridgehead atoms. The SMILES string of the molecule is COc1ccc(C(C)N(c2ccc(OC)c(OC)c2)S(=O)(=O)c2ccc(F)cc2)cc1OC. The van der Waals surface area contributed by atoms with Crippen molar-refractivity contribution in [2.45, 2.75) is 17.9 Å². The number of nitrogens with zero attached hydrogens (tertiary/aromatic N) is 1. The minimum absolute atomic E-state index is 0.0500. The van der Waals surface area contributed by atoms with E-state index in [0.717, 1.165) is 12.1 Å². The lowest BCUT2D eigenvalue weighted by molar-refractivity contribution is 0.354. The fourth-order valence-corrected chi connectivity index (χ4v) is 5.14. The van der Waals surface area contributed by atoms with Crippen LogP contribution < -0.4 is 23.3 Å². The molecular formula is C24H26FNO6S. The average Bonchev–Trinajstić information content (AvgIpc) is 2.83. The molecule has 7 nitrogen and oxygen atoms in total. The second kappa shape index (κ2) is 9.99. The zero-order valence-corrected chi connectivity index (χ0v) is 19.9. The van der Waals surface area contributed by atoms with Crippen molar-refractivity contribution in [3.63, 3.8) is 0 Å². The fraction of sp³-hybridized carbons (Fsp3) is 0.250. The molecule has 3 rings (SSSR count). The number of anilines is 1. The van der Waals surface area contributed by atoms with Crippen LogP contribution in [0.15, 0.2) is 65.6 Å². The largest absolute Gasteiger partial charge is 0.493 e. The van der Waals surface area contributed by atoms with Crippen LogP contribution in [-0.2, 0) is 10.0 Å². The second-order valence-corrected chi connectivity index (χ2v) is 8.90. The molecule has 3 aromatic rings. The summed E-state index contributed by atoms with van der Waals surface area (Å²) in [6.45, 7) is 1.75. The molecule has 0 saturated heterocycles. The number of sulfonamides is 1. The summed E-state index contributed by atoms with van der Waals surface area (Å²) in [5.41, 5.74) is 1.01. The molecule has 33 heavy (non-hydrogen) atoms. The highest BCUT2D eigenvalue weighted by Crippen LogP contribution is 2.40. The van der Waals surface area contributed by atoms with E-state index < -0.39 is 21.9 Å². The van der Waals surface area contributed by atoms with Crippen molar-refractivity contribution in [2.75, 3.05) is 32.7 Å². The van der Waals surface area contributed by atoms with Crippen LogP contribution in [0.5, 0.6) is 23.0 Å². The third-order valence-electron chi connectivity index (χ3n) is 5.23. The Morgan fingerprint density at radius 1 is 0.727 bits per heavy atom. The Labute approximate surface area is 193 Å². The van der Waals surface area contributed by atoms with Gasteiger partial charge in [0, 0.05) is 6.07 Å². The molecule has 0 aliphatic carbocycles. The van der Waals surface area contributed by atoms with E-state index in [0.29, 0.717) is 34.2 Å². The molecule has 0 aromatic heterocycles. The first kappa shape index (κ1) is 24.2. The van der Waals surface area contributed by atoms with Gasteiger partial charge in [-0.15, -0.1) is 0 Å². The molecule has 0 aliphatic heterocycles. The number of hydrogen-bond donors (Lipinski definition) is 0. The molecule has 0 saturated carbocycles. The van der Waals surface area contributed by atoms with Crippen molar-refractivity contribution in [2.24, 2.45) is 0 Å². The van der Waals surface area contributed by atoms with E-state index in [-0.39, 0.29) is 4.90 Å². The topological polar surface area (TPSA) is 74.3 Å². The van der Waals surface area contributed by atoms with Gasteiger partial charge in [-0.1, -0.05) is 6.07 Å². The predicted molar refractivity (Wildman–Crippen MR) is 124 cm³/mol. The lowest BCUT2D eigenvalue weighted by Gasteiger charge is -2.31. The Balaban J connectivity index is 2.20. The Hall–Kier alpha value is -3.46. The van der Waals surface area contributed by atoms with Gasteiger partial charge in [-0.05, 0) is 61.0 Å². The molecule has 3 aromatic carbocycles. The molecule has 9 heteroatoms. The van der Waals surface area contributed by atoms with Crippen LogP contribution >= 0.6 is 0 Å². The molecule has 1 unspecified atom stereocenters. The first-order valence-corrected chi connectivity index (χ1v) is 11.4. The zero-order valence-electron chi connectivity index (χ0n) is 19.0. The van der Waals surface area contributed by atoms with Crippen LogP contribution in [0.25, 0.3) is 0 Å². The van der Waals surface area contributed by atoms with E-state index in [4.69, 9.17) is 18.9 Å². The van der Waals surface area contributed by atoms with Crippen LogP contribution in [0.1, 0.15) is 18.5 Å².